The summed E-state index contributed by atoms with van der Waals surface area (Å²) < 4.78 is 0. The summed E-state index contributed by atoms with van der Waals surface area (Å²) in [5, 5.41) is 0. The molecule has 0 aromatic heterocycles. The van der Waals surface area contributed by atoms with Crippen LogP contribution in [0.25, 0.3) is 0 Å². The molecule has 0 nitrogen and oxygen atoms in total. The van der Waals surface area contributed by atoms with Crippen LogP contribution in [0.4, 0.5) is 0 Å². The van der Waals surface area contributed by atoms with Crippen LogP contribution < -0.4 is 0 Å². The Labute approximate surface area is 66.9 Å². The lowest BCUT2D eigenvalue weighted by Gasteiger charge is -2.25. The first-order chi connectivity index (χ1) is 4.84. The lowest BCUT2D eigenvalue weighted by Crippen LogP contribution is -2.26. The van der Waals surface area contributed by atoms with Crippen molar-refractivity contribution in [2.75, 3.05) is 0 Å². The fourth-order valence-corrected chi connectivity index (χ4v) is 1.82. The highest BCUT2D eigenvalue weighted by atomic mass is 14.1. The third-order valence-corrected chi connectivity index (χ3v) is 2.70. The summed E-state index contributed by atoms with van der Waals surface area (Å²) in [7, 11) is 7.34. The van der Waals surface area contributed by atoms with Gasteiger partial charge < -0.3 is 0 Å². The van der Waals surface area contributed by atoms with E-state index in [2.05, 4.69) is 6.82 Å². The molecule has 0 bridgehead atoms. The van der Waals surface area contributed by atoms with Crippen LogP contribution in [-0.2, 0) is 0 Å². The largest absolute Gasteiger partial charge is 0.0931 e. The fraction of sp³-hybridized carbons (Fsp3) is 1.00. The molecule has 0 amide bonds. The number of hydrogen-bond donors (Lipinski definition) is 0. The van der Waals surface area contributed by atoms with Crippen molar-refractivity contribution in [1.29, 1.82) is 0 Å². The van der Waals surface area contributed by atoms with Crippen LogP contribution in [0.3, 0.4) is 0 Å². The lowest BCUT2D eigenvalue weighted by atomic mass is 9.10. The van der Waals surface area contributed by atoms with E-state index in [1.807, 2.05) is 7.06 Å². The summed E-state index contributed by atoms with van der Waals surface area (Å²) in [5.41, 5.74) is 0. The third kappa shape index (κ3) is 2.11. The zero-order valence-corrected chi connectivity index (χ0v) is 6.84. The average molecular weight is 131 g/mol. The van der Waals surface area contributed by atoms with Crippen LogP contribution >= 0.6 is 0 Å². The van der Waals surface area contributed by atoms with Gasteiger partial charge in [-0.3, -0.25) is 0 Å². The summed E-state index contributed by atoms with van der Waals surface area (Å²) in [6, 6.07) is 0. The van der Waals surface area contributed by atoms with Crippen molar-refractivity contribution in [2.24, 2.45) is 0 Å². The van der Waals surface area contributed by atoms with Gasteiger partial charge in [0.25, 0.3) is 0 Å². The van der Waals surface area contributed by atoms with Crippen LogP contribution in [0.5, 0.6) is 0 Å². The van der Waals surface area contributed by atoms with Crippen molar-refractivity contribution >= 4 is 21.4 Å². The van der Waals surface area contributed by atoms with E-state index in [9.17, 15) is 0 Å². The van der Waals surface area contributed by atoms with Crippen molar-refractivity contribution < 1.29 is 0 Å². The molecular weight excluding hydrogens is 117 g/mol. The molecule has 3 heteroatoms. The highest BCUT2D eigenvalue weighted by Gasteiger charge is 2.19. The summed E-state index contributed by atoms with van der Waals surface area (Å²) in [6.45, 7) is 2.87. The Balaban J connectivity index is 2.24. The van der Waals surface area contributed by atoms with Gasteiger partial charge in [0.2, 0.25) is 0 Å². The molecular formula is C7H14B3. The first-order valence-corrected chi connectivity index (χ1v) is 4.39. The predicted molar refractivity (Wildman–Crippen MR) is 50.0 cm³/mol. The molecule has 1 fully saturated rings. The van der Waals surface area contributed by atoms with Crippen LogP contribution in [0.1, 0.15) is 32.1 Å². The second-order valence-electron chi connectivity index (χ2n) is 3.45. The zero-order valence-electron chi connectivity index (χ0n) is 6.84. The van der Waals surface area contributed by atoms with E-state index in [0.717, 1.165) is 5.82 Å². The van der Waals surface area contributed by atoms with Gasteiger partial charge in [-0.1, -0.05) is 44.7 Å². The molecule has 10 heavy (non-hydrogen) atoms. The van der Waals surface area contributed by atoms with Gasteiger partial charge in [-0.2, -0.15) is 0 Å². The molecule has 0 heterocycles. The lowest BCUT2D eigenvalue weighted by molar-refractivity contribution is 0.499. The maximum atomic E-state index is 5.48. The topological polar surface area (TPSA) is 0 Å². The molecule has 1 rings (SSSR count). The molecule has 1 saturated carbocycles. The highest BCUT2D eigenvalue weighted by molar-refractivity contribution is 7.31. The van der Waals surface area contributed by atoms with E-state index in [-0.39, 0.29) is 0 Å². The molecule has 3 radical (unpaired) electrons. The fourth-order valence-electron chi connectivity index (χ4n) is 1.82. The third-order valence-electron chi connectivity index (χ3n) is 2.70. The van der Waals surface area contributed by atoms with E-state index >= 15 is 0 Å². The molecule has 1 aliphatic rings. The van der Waals surface area contributed by atoms with Gasteiger partial charge in [0.15, 0.2) is 0 Å². The van der Waals surface area contributed by atoms with Gasteiger partial charge in [0.1, 0.15) is 0 Å². The van der Waals surface area contributed by atoms with E-state index in [4.69, 9.17) is 7.74 Å². The molecule has 0 spiro atoms. The minimum absolute atomic E-state index is 0.639. The summed E-state index contributed by atoms with van der Waals surface area (Å²) in [4.78, 5) is 0. The quantitative estimate of drug-likeness (QED) is 0.500. The van der Waals surface area contributed by atoms with E-state index in [1.54, 1.807) is 0 Å². The summed E-state index contributed by atoms with van der Waals surface area (Å²) in [5.74, 6) is 0.888. The standard InChI is InChI=1S/C7H14B3/c1-10(9-8)7-5-3-2-4-6-7/h7H,2-6H2,1H3. The maximum absolute atomic E-state index is 5.48. The predicted octanol–water partition coefficient (Wildman–Crippen LogP) is 1.73. The van der Waals surface area contributed by atoms with Gasteiger partial charge in [0, 0.05) is 14.8 Å². The SMILES string of the molecule is [B][B]B(C)C1CCCCC1. The molecule has 0 aliphatic heterocycles. The molecule has 0 aromatic carbocycles. The van der Waals surface area contributed by atoms with Gasteiger partial charge >= 0.3 is 0 Å². The highest BCUT2D eigenvalue weighted by Crippen LogP contribution is 2.30. The van der Waals surface area contributed by atoms with Gasteiger partial charge in [-0.15, -0.1) is 0 Å². The Morgan fingerprint density at radius 1 is 1.30 bits per heavy atom. The van der Waals surface area contributed by atoms with E-state index in [0.29, 0.717) is 6.60 Å². The molecule has 1 aliphatic carbocycles. The molecule has 0 atom stereocenters. The minimum atomic E-state index is 0.639. The normalized spacial score (nSPS) is 20.5. The average Bonchev–Trinajstić information content (AvgIpc) is 2.05. The number of rotatable bonds is 2. The van der Waals surface area contributed by atoms with Crippen LogP contribution in [-0.4, -0.2) is 21.4 Å². The maximum Gasteiger partial charge on any atom is 0.0908 e. The van der Waals surface area contributed by atoms with Crippen molar-refractivity contribution in [1.82, 2.24) is 0 Å². The Bertz CT molecular complexity index is 88.9. The Hall–Kier alpha value is 0.195. The molecule has 0 unspecified atom stereocenters. The summed E-state index contributed by atoms with van der Waals surface area (Å²) >= 11 is 0. The molecule has 0 saturated heterocycles. The van der Waals surface area contributed by atoms with E-state index in [1.165, 1.54) is 32.1 Å². The Morgan fingerprint density at radius 2 is 1.90 bits per heavy atom. The molecule has 51 valence electrons. The van der Waals surface area contributed by atoms with Crippen molar-refractivity contribution in [3.63, 3.8) is 0 Å². The molecule has 0 aromatic rings. The second kappa shape index (κ2) is 4.15. The number of hydrogen-bond acceptors (Lipinski definition) is 0. The van der Waals surface area contributed by atoms with Crippen molar-refractivity contribution in [2.45, 2.75) is 44.7 Å². The minimum Gasteiger partial charge on any atom is -0.0931 e. The van der Waals surface area contributed by atoms with E-state index < -0.39 is 0 Å². The van der Waals surface area contributed by atoms with Gasteiger partial charge in [-0.05, 0) is 0 Å². The first kappa shape index (κ1) is 8.29. The first-order valence-electron chi connectivity index (χ1n) is 4.39. The van der Waals surface area contributed by atoms with Crippen molar-refractivity contribution in [3.8, 4) is 0 Å². The summed E-state index contributed by atoms with van der Waals surface area (Å²) in [6.07, 6.45) is 7.07. The second-order valence-corrected chi connectivity index (χ2v) is 3.45. The van der Waals surface area contributed by atoms with Crippen LogP contribution in [0.2, 0.25) is 12.6 Å². The monoisotopic (exact) mass is 131 g/mol. The van der Waals surface area contributed by atoms with Crippen LogP contribution in [0.15, 0.2) is 0 Å². The van der Waals surface area contributed by atoms with Gasteiger partial charge in [-0.25, -0.2) is 0 Å². The smallest absolute Gasteiger partial charge is 0.0908 e. The van der Waals surface area contributed by atoms with Gasteiger partial charge in [0.05, 0.1) is 6.60 Å². The zero-order chi connectivity index (χ0) is 7.40. The Morgan fingerprint density at radius 3 is 2.40 bits per heavy atom. The Kier molecular flexibility index (Phi) is 3.44. The van der Waals surface area contributed by atoms with Crippen molar-refractivity contribution in [3.05, 3.63) is 0 Å². The van der Waals surface area contributed by atoms with Crippen LogP contribution in [0, 0.1) is 0 Å². The molecule has 0 N–H and O–H groups in total.